The molecule has 0 bridgehead atoms. The van der Waals surface area contributed by atoms with Gasteiger partial charge in [0.25, 0.3) is 0 Å². The predicted molar refractivity (Wildman–Crippen MR) is 47.1 cm³/mol. The molecule has 0 unspecified atom stereocenters. The molecule has 0 heterocycles. The minimum Gasteiger partial charge on any atom is -0.327 e. The fourth-order valence-corrected chi connectivity index (χ4v) is 2.89. The Morgan fingerprint density at radius 3 is 2.27 bits per heavy atom. The maximum Gasteiger partial charge on any atom is 0.00675 e. The zero-order valence-electron chi connectivity index (χ0n) is 7.80. The van der Waals surface area contributed by atoms with E-state index in [0.29, 0.717) is 11.5 Å². The Bertz CT molecular complexity index is 156. The van der Waals surface area contributed by atoms with Crippen molar-refractivity contribution in [2.45, 2.75) is 39.7 Å². The van der Waals surface area contributed by atoms with Gasteiger partial charge in [0.2, 0.25) is 0 Å². The molecule has 2 rings (SSSR count). The molecule has 2 aliphatic rings. The van der Waals surface area contributed by atoms with Gasteiger partial charge in [0.15, 0.2) is 0 Å². The van der Waals surface area contributed by atoms with Crippen LogP contribution in [0.15, 0.2) is 0 Å². The minimum absolute atomic E-state index is 0.484. The predicted octanol–water partition coefficient (Wildman–Crippen LogP) is 2.02. The second-order valence-electron chi connectivity index (χ2n) is 5.15. The van der Waals surface area contributed by atoms with Crippen molar-refractivity contribution in [1.29, 1.82) is 0 Å². The summed E-state index contributed by atoms with van der Waals surface area (Å²) in [5, 5.41) is 0. The molecule has 11 heavy (non-hydrogen) atoms. The van der Waals surface area contributed by atoms with Gasteiger partial charge in [-0.3, -0.25) is 0 Å². The minimum atomic E-state index is 0.484. The van der Waals surface area contributed by atoms with E-state index in [4.69, 9.17) is 5.73 Å². The van der Waals surface area contributed by atoms with E-state index in [9.17, 15) is 0 Å². The molecule has 0 spiro atoms. The Balaban J connectivity index is 2.07. The highest BCUT2D eigenvalue weighted by molar-refractivity contribution is 5.09. The molecule has 2 N–H and O–H groups in total. The van der Waals surface area contributed by atoms with Crippen molar-refractivity contribution in [3.8, 4) is 0 Å². The normalized spacial score (nSPS) is 53.5. The van der Waals surface area contributed by atoms with Crippen LogP contribution in [0.2, 0.25) is 0 Å². The molecular formula is C10H19N. The van der Waals surface area contributed by atoms with Crippen molar-refractivity contribution >= 4 is 0 Å². The Morgan fingerprint density at radius 1 is 1.18 bits per heavy atom. The van der Waals surface area contributed by atoms with Crippen LogP contribution >= 0.6 is 0 Å². The topological polar surface area (TPSA) is 26.0 Å². The van der Waals surface area contributed by atoms with Gasteiger partial charge in [-0.25, -0.2) is 0 Å². The van der Waals surface area contributed by atoms with Gasteiger partial charge in [0.1, 0.15) is 0 Å². The zero-order valence-corrected chi connectivity index (χ0v) is 7.80. The largest absolute Gasteiger partial charge is 0.327 e. The first kappa shape index (κ1) is 7.60. The molecule has 1 heteroatoms. The van der Waals surface area contributed by atoms with Crippen LogP contribution in [0.25, 0.3) is 0 Å². The summed E-state index contributed by atoms with van der Waals surface area (Å²) in [6.45, 7) is 7.09. The van der Waals surface area contributed by atoms with Crippen LogP contribution in [0.5, 0.6) is 0 Å². The lowest BCUT2D eigenvalue weighted by molar-refractivity contribution is 0.317. The van der Waals surface area contributed by atoms with Crippen LogP contribution < -0.4 is 5.73 Å². The number of hydrogen-bond acceptors (Lipinski definition) is 1. The summed E-state index contributed by atoms with van der Waals surface area (Å²) < 4.78 is 0. The molecule has 0 saturated heterocycles. The summed E-state index contributed by atoms with van der Waals surface area (Å²) in [5.41, 5.74) is 6.64. The molecule has 2 aliphatic carbocycles. The first-order valence-electron chi connectivity index (χ1n) is 4.79. The van der Waals surface area contributed by atoms with Crippen molar-refractivity contribution in [1.82, 2.24) is 0 Å². The number of nitrogens with two attached hydrogens (primary N) is 1. The summed E-state index contributed by atoms with van der Waals surface area (Å²) in [4.78, 5) is 0. The average Bonchev–Trinajstić information content (AvgIpc) is 2.39. The molecule has 0 aromatic heterocycles. The highest BCUT2D eigenvalue weighted by atomic mass is 14.7. The molecule has 4 atom stereocenters. The third-order valence-electron chi connectivity index (χ3n) is 4.17. The second kappa shape index (κ2) is 2.01. The molecule has 2 saturated carbocycles. The van der Waals surface area contributed by atoms with E-state index in [1.165, 1.54) is 12.8 Å². The van der Waals surface area contributed by atoms with E-state index >= 15 is 0 Å². The standard InChI is InChI=1S/C10H19N/c1-6-4-7-8(5-9(6)11)10(7,2)3/h6-9H,4-5,11H2,1-3H3/t6-,7+,8+,9+/m1/s1. The maximum absolute atomic E-state index is 6.02. The van der Waals surface area contributed by atoms with Gasteiger partial charge in [-0.05, 0) is 36.0 Å². The van der Waals surface area contributed by atoms with Crippen LogP contribution in [-0.4, -0.2) is 6.04 Å². The third-order valence-corrected chi connectivity index (χ3v) is 4.17. The zero-order chi connectivity index (χ0) is 8.22. The first-order valence-corrected chi connectivity index (χ1v) is 4.79. The van der Waals surface area contributed by atoms with Crippen molar-refractivity contribution in [3.05, 3.63) is 0 Å². The molecule has 0 radical (unpaired) electrons. The fourth-order valence-electron chi connectivity index (χ4n) is 2.89. The summed E-state index contributed by atoms with van der Waals surface area (Å²) >= 11 is 0. The SMILES string of the molecule is C[C@@H]1C[C@H]2[C@H](C[C@@H]1N)C2(C)C. The first-order chi connectivity index (χ1) is 5.03. The average molecular weight is 153 g/mol. The Labute approximate surface area is 69.4 Å². The number of fused-ring (bicyclic) bond motifs is 1. The highest BCUT2D eigenvalue weighted by Gasteiger charge is 2.59. The lowest BCUT2D eigenvalue weighted by Crippen LogP contribution is -2.32. The monoisotopic (exact) mass is 153 g/mol. The summed E-state index contributed by atoms with van der Waals surface area (Å²) in [7, 11) is 0. The quantitative estimate of drug-likeness (QED) is 0.566. The molecule has 2 fully saturated rings. The maximum atomic E-state index is 6.02. The Hall–Kier alpha value is -0.0400. The van der Waals surface area contributed by atoms with Gasteiger partial charge in [0, 0.05) is 6.04 Å². The summed E-state index contributed by atoms with van der Waals surface area (Å²) in [5.74, 6) is 2.71. The van der Waals surface area contributed by atoms with Crippen LogP contribution in [0.3, 0.4) is 0 Å². The summed E-state index contributed by atoms with van der Waals surface area (Å²) in [6.07, 6.45) is 2.65. The fraction of sp³-hybridized carbons (Fsp3) is 1.00. The number of rotatable bonds is 0. The number of hydrogen-bond donors (Lipinski definition) is 1. The van der Waals surface area contributed by atoms with E-state index < -0.39 is 0 Å². The van der Waals surface area contributed by atoms with Crippen molar-refractivity contribution in [3.63, 3.8) is 0 Å². The van der Waals surface area contributed by atoms with Crippen LogP contribution in [0, 0.1) is 23.2 Å². The van der Waals surface area contributed by atoms with E-state index in [1.807, 2.05) is 0 Å². The second-order valence-corrected chi connectivity index (χ2v) is 5.15. The lowest BCUT2D eigenvalue weighted by atomic mass is 9.87. The Kier molecular flexibility index (Phi) is 1.39. The van der Waals surface area contributed by atoms with Crippen molar-refractivity contribution in [2.75, 3.05) is 0 Å². The molecule has 64 valence electrons. The third kappa shape index (κ3) is 0.936. The highest BCUT2D eigenvalue weighted by Crippen LogP contribution is 2.65. The van der Waals surface area contributed by atoms with E-state index in [-0.39, 0.29) is 0 Å². The summed E-state index contributed by atoms with van der Waals surface area (Å²) in [6, 6.07) is 0.484. The van der Waals surface area contributed by atoms with E-state index in [1.54, 1.807) is 0 Å². The van der Waals surface area contributed by atoms with Crippen LogP contribution in [0.4, 0.5) is 0 Å². The van der Waals surface area contributed by atoms with Crippen LogP contribution in [-0.2, 0) is 0 Å². The van der Waals surface area contributed by atoms with Crippen molar-refractivity contribution < 1.29 is 0 Å². The molecule has 0 aromatic rings. The van der Waals surface area contributed by atoms with Gasteiger partial charge >= 0.3 is 0 Å². The Morgan fingerprint density at radius 2 is 1.73 bits per heavy atom. The van der Waals surface area contributed by atoms with Gasteiger partial charge in [-0.1, -0.05) is 20.8 Å². The smallest absolute Gasteiger partial charge is 0.00675 e. The van der Waals surface area contributed by atoms with Gasteiger partial charge in [0.05, 0.1) is 0 Å². The molecule has 0 amide bonds. The molecular weight excluding hydrogens is 134 g/mol. The van der Waals surface area contributed by atoms with Gasteiger partial charge in [-0.15, -0.1) is 0 Å². The van der Waals surface area contributed by atoms with E-state index in [0.717, 1.165) is 17.8 Å². The molecule has 1 nitrogen and oxygen atoms in total. The van der Waals surface area contributed by atoms with Gasteiger partial charge < -0.3 is 5.73 Å². The van der Waals surface area contributed by atoms with Crippen LogP contribution in [0.1, 0.15) is 33.6 Å². The van der Waals surface area contributed by atoms with Gasteiger partial charge in [-0.2, -0.15) is 0 Å². The van der Waals surface area contributed by atoms with E-state index in [2.05, 4.69) is 20.8 Å². The molecule has 0 aliphatic heterocycles. The van der Waals surface area contributed by atoms with Crippen molar-refractivity contribution in [2.24, 2.45) is 28.9 Å². The lowest BCUT2D eigenvalue weighted by Gasteiger charge is -2.23. The molecule has 0 aromatic carbocycles.